The molecule has 1 aliphatic carbocycles. The van der Waals surface area contributed by atoms with Crippen LogP contribution >= 0.6 is 0 Å². The van der Waals surface area contributed by atoms with Crippen LogP contribution < -0.4 is 10.2 Å². The molecule has 0 amide bonds. The van der Waals surface area contributed by atoms with Crippen LogP contribution in [0.5, 0.6) is 0 Å². The van der Waals surface area contributed by atoms with Gasteiger partial charge in [0.25, 0.3) is 0 Å². The van der Waals surface area contributed by atoms with Gasteiger partial charge in [0.2, 0.25) is 0 Å². The van der Waals surface area contributed by atoms with Crippen molar-refractivity contribution in [1.82, 2.24) is 14.9 Å². The average Bonchev–Trinajstić information content (AvgIpc) is 3.25. The Morgan fingerprint density at radius 1 is 1.25 bits per heavy atom. The maximum atomic E-state index is 4.35. The van der Waals surface area contributed by atoms with Crippen LogP contribution in [0.1, 0.15) is 30.1 Å². The third kappa shape index (κ3) is 2.20. The van der Waals surface area contributed by atoms with Crippen LogP contribution in [0.4, 0.5) is 5.69 Å². The summed E-state index contributed by atoms with van der Waals surface area (Å²) in [6.07, 6.45) is 6.64. The number of imidazole rings is 1. The molecule has 0 atom stereocenters. The Labute approximate surface area is 119 Å². The third-order valence-corrected chi connectivity index (χ3v) is 4.25. The minimum absolute atomic E-state index is 0.702. The normalized spacial score (nSPS) is 18.7. The molecule has 0 spiro atoms. The Kier molecular flexibility index (Phi) is 2.96. The Balaban J connectivity index is 1.63. The molecule has 2 aliphatic rings. The number of benzene rings is 1. The van der Waals surface area contributed by atoms with Gasteiger partial charge >= 0.3 is 0 Å². The van der Waals surface area contributed by atoms with Gasteiger partial charge < -0.3 is 14.8 Å². The van der Waals surface area contributed by atoms with E-state index in [0.29, 0.717) is 6.04 Å². The summed E-state index contributed by atoms with van der Waals surface area (Å²) in [6, 6.07) is 9.42. The second-order valence-corrected chi connectivity index (χ2v) is 5.75. The van der Waals surface area contributed by atoms with Crippen LogP contribution in [-0.4, -0.2) is 22.6 Å². The van der Waals surface area contributed by atoms with Crippen LogP contribution in [0.15, 0.2) is 36.8 Å². The summed E-state index contributed by atoms with van der Waals surface area (Å²) in [5, 5.41) is 3.50. The monoisotopic (exact) mass is 268 g/mol. The zero-order valence-corrected chi connectivity index (χ0v) is 11.6. The Morgan fingerprint density at radius 3 is 3.05 bits per heavy atom. The van der Waals surface area contributed by atoms with E-state index in [1.54, 1.807) is 0 Å². The first-order chi connectivity index (χ1) is 9.92. The van der Waals surface area contributed by atoms with Crippen LogP contribution in [0.25, 0.3) is 0 Å². The van der Waals surface area contributed by atoms with Gasteiger partial charge in [-0.15, -0.1) is 0 Å². The van der Waals surface area contributed by atoms with Crippen LogP contribution in [0.2, 0.25) is 0 Å². The Hall–Kier alpha value is -1.81. The van der Waals surface area contributed by atoms with E-state index in [1.807, 2.05) is 12.5 Å². The molecule has 0 bridgehead atoms. The standard InChI is InChI=1S/C16H20N4/c1-2-4-16-13(3-1)9-17-7-8-19(16)11-15-10-18-12-20(15)14-5-6-14/h1-4,10,12,14,17H,5-9,11H2. The summed E-state index contributed by atoms with van der Waals surface area (Å²) in [6.45, 7) is 4.00. The predicted octanol–water partition coefficient (Wildman–Crippen LogP) is 2.33. The molecule has 1 aliphatic heterocycles. The number of hydrogen-bond acceptors (Lipinski definition) is 3. The number of fused-ring (bicyclic) bond motifs is 1. The van der Waals surface area contributed by atoms with Crippen molar-refractivity contribution in [3.8, 4) is 0 Å². The fourth-order valence-corrected chi connectivity index (χ4v) is 3.02. The molecule has 0 unspecified atom stereocenters. The van der Waals surface area contributed by atoms with Gasteiger partial charge in [0.15, 0.2) is 0 Å². The summed E-state index contributed by atoms with van der Waals surface area (Å²) in [7, 11) is 0. The molecule has 0 saturated heterocycles. The number of hydrogen-bond donors (Lipinski definition) is 1. The summed E-state index contributed by atoms with van der Waals surface area (Å²) in [5.74, 6) is 0. The smallest absolute Gasteiger partial charge is 0.0951 e. The molecular weight excluding hydrogens is 248 g/mol. The minimum Gasteiger partial charge on any atom is -0.364 e. The van der Waals surface area contributed by atoms with Gasteiger partial charge in [-0.2, -0.15) is 0 Å². The molecule has 4 rings (SSSR count). The van der Waals surface area contributed by atoms with Gasteiger partial charge in [-0.25, -0.2) is 4.98 Å². The van der Waals surface area contributed by atoms with Crippen LogP contribution in [0.3, 0.4) is 0 Å². The molecule has 4 nitrogen and oxygen atoms in total. The largest absolute Gasteiger partial charge is 0.364 e. The first kappa shape index (κ1) is 12.0. The first-order valence-corrected chi connectivity index (χ1v) is 7.46. The van der Waals surface area contributed by atoms with E-state index in [-0.39, 0.29) is 0 Å². The number of aromatic nitrogens is 2. The van der Waals surface area contributed by atoms with E-state index in [1.165, 1.54) is 29.8 Å². The quantitative estimate of drug-likeness (QED) is 0.927. The van der Waals surface area contributed by atoms with Crippen LogP contribution in [0, 0.1) is 0 Å². The first-order valence-electron chi connectivity index (χ1n) is 7.46. The molecule has 1 aromatic heterocycles. The molecule has 0 radical (unpaired) electrons. The maximum absolute atomic E-state index is 4.35. The fraction of sp³-hybridized carbons (Fsp3) is 0.438. The van der Waals surface area contributed by atoms with E-state index >= 15 is 0 Å². The van der Waals surface area contributed by atoms with Crippen molar-refractivity contribution in [1.29, 1.82) is 0 Å². The Morgan fingerprint density at radius 2 is 2.15 bits per heavy atom. The summed E-state index contributed by atoms with van der Waals surface area (Å²) < 4.78 is 2.36. The summed E-state index contributed by atoms with van der Waals surface area (Å²) in [4.78, 5) is 6.83. The van der Waals surface area contributed by atoms with Gasteiger partial charge in [-0.05, 0) is 24.5 Å². The van der Waals surface area contributed by atoms with E-state index < -0.39 is 0 Å². The third-order valence-electron chi connectivity index (χ3n) is 4.25. The van der Waals surface area contributed by atoms with Crippen molar-refractivity contribution < 1.29 is 0 Å². The van der Waals surface area contributed by atoms with Gasteiger partial charge in [0, 0.05) is 37.6 Å². The molecule has 20 heavy (non-hydrogen) atoms. The van der Waals surface area contributed by atoms with Crippen molar-refractivity contribution in [2.45, 2.75) is 32.0 Å². The molecule has 1 aromatic carbocycles. The van der Waals surface area contributed by atoms with Gasteiger partial charge in [0.1, 0.15) is 0 Å². The second kappa shape index (κ2) is 4.94. The number of anilines is 1. The number of nitrogens with zero attached hydrogens (tertiary/aromatic N) is 3. The number of nitrogens with one attached hydrogen (secondary N) is 1. The number of para-hydroxylation sites is 1. The van der Waals surface area contributed by atoms with Crippen molar-refractivity contribution in [3.63, 3.8) is 0 Å². The van der Waals surface area contributed by atoms with Gasteiger partial charge in [0.05, 0.1) is 18.6 Å². The van der Waals surface area contributed by atoms with E-state index in [4.69, 9.17) is 0 Å². The highest BCUT2D eigenvalue weighted by molar-refractivity contribution is 5.54. The van der Waals surface area contributed by atoms with E-state index in [9.17, 15) is 0 Å². The Bertz CT molecular complexity index is 600. The van der Waals surface area contributed by atoms with E-state index in [0.717, 1.165) is 26.2 Å². The molecular formula is C16H20N4. The number of rotatable bonds is 3. The molecule has 1 saturated carbocycles. The lowest BCUT2D eigenvalue weighted by atomic mass is 10.1. The summed E-state index contributed by atoms with van der Waals surface area (Å²) in [5.41, 5.74) is 4.09. The van der Waals surface area contributed by atoms with Crippen molar-refractivity contribution in [3.05, 3.63) is 48.0 Å². The lowest BCUT2D eigenvalue weighted by Gasteiger charge is -2.25. The topological polar surface area (TPSA) is 33.1 Å². The highest BCUT2D eigenvalue weighted by atomic mass is 15.2. The average molecular weight is 268 g/mol. The minimum atomic E-state index is 0.702. The lowest BCUT2D eigenvalue weighted by Crippen LogP contribution is -2.29. The van der Waals surface area contributed by atoms with Gasteiger partial charge in [-0.3, -0.25) is 0 Å². The maximum Gasteiger partial charge on any atom is 0.0951 e. The summed E-state index contributed by atoms with van der Waals surface area (Å²) >= 11 is 0. The van der Waals surface area contributed by atoms with Gasteiger partial charge in [-0.1, -0.05) is 18.2 Å². The zero-order chi connectivity index (χ0) is 13.4. The SMILES string of the molecule is c1ccc2c(c1)CNCCN2Cc1cncn1C1CC1. The molecule has 2 aromatic rings. The van der Waals surface area contributed by atoms with Crippen molar-refractivity contribution >= 4 is 5.69 Å². The van der Waals surface area contributed by atoms with Crippen molar-refractivity contribution in [2.24, 2.45) is 0 Å². The lowest BCUT2D eigenvalue weighted by molar-refractivity contribution is 0.651. The highest BCUT2D eigenvalue weighted by Gasteiger charge is 2.26. The molecule has 1 N–H and O–H groups in total. The molecule has 104 valence electrons. The molecule has 1 fully saturated rings. The highest BCUT2D eigenvalue weighted by Crippen LogP contribution is 2.36. The van der Waals surface area contributed by atoms with Crippen LogP contribution in [-0.2, 0) is 13.1 Å². The zero-order valence-electron chi connectivity index (χ0n) is 11.6. The predicted molar refractivity (Wildman–Crippen MR) is 79.7 cm³/mol. The van der Waals surface area contributed by atoms with E-state index in [2.05, 4.69) is 44.0 Å². The molecule has 4 heteroatoms. The second-order valence-electron chi connectivity index (χ2n) is 5.75. The molecule has 2 heterocycles. The fourth-order valence-electron chi connectivity index (χ4n) is 3.02. The van der Waals surface area contributed by atoms with Crippen molar-refractivity contribution in [2.75, 3.05) is 18.0 Å².